The van der Waals surface area contributed by atoms with Crippen LogP contribution in [0.3, 0.4) is 0 Å². The first-order valence-electron chi connectivity index (χ1n) is 9.35. The minimum absolute atomic E-state index is 0.176. The third-order valence-electron chi connectivity index (χ3n) is 6.61. The summed E-state index contributed by atoms with van der Waals surface area (Å²) in [5.74, 6) is 1.83. The summed E-state index contributed by atoms with van der Waals surface area (Å²) in [5, 5.41) is 3.84. The van der Waals surface area contributed by atoms with Crippen LogP contribution in [0.2, 0.25) is 0 Å². The summed E-state index contributed by atoms with van der Waals surface area (Å²) in [6.07, 6.45) is 3.84. The van der Waals surface area contributed by atoms with E-state index < -0.39 is 0 Å². The number of hydrogen-bond acceptors (Lipinski definition) is 2. The van der Waals surface area contributed by atoms with Crippen molar-refractivity contribution in [2.24, 2.45) is 11.8 Å². The molecule has 1 atom stereocenters. The molecule has 1 aromatic carbocycles. The van der Waals surface area contributed by atoms with Crippen molar-refractivity contribution in [1.29, 1.82) is 0 Å². The number of nitrogens with zero attached hydrogens (tertiary/aromatic N) is 1. The van der Waals surface area contributed by atoms with Gasteiger partial charge in [0.15, 0.2) is 5.76 Å². The molecule has 2 aromatic rings. The average molecular weight is 338 g/mol. The summed E-state index contributed by atoms with van der Waals surface area (Å²) in [5.41, 5.74) is 7.37. The van der Waals surface area contributed by atoms with Gasteiger partial charge in [0.2, 0.25) is 0 Å². The molecule has 3 rings (SSSR count). The van der Waals surface area contributed by atoms with Gasteiger partial charge >= 0.3 is 0 Å². The van der Waals surface area contributed by atoms with Crippen molar-refractivity contribution in [3.63, 3.8) is 0 Å². The molecule has 25 heavy (non-hydrogen) atoms. The molecular formula is C23H31NO. The average Bonchev–Trinajstić information content (AvgIpc) is 3.07. The molecule has 134 valence electrons. The summed E-state index contributed by atoms with van der Waals surface area (Å²) < 4.78 is 5.33. The highest BCUT2D eigenvalue weighted by Crippen LogP contribution is 2.54. The molecule has 1 aliphatic rings. The molecule has 0 amide bonds. The van der Waals surface area contributed by atoms with Crippen LogP contribution >= 0.6 is 0 Å². The monoisotopic (exact) mass is 337 g/mol. The van der Waals surface area contributed by atoms with Crippen LogP contribution in [0.5, 0.6) is 0 Å². The molecular weight excluding hydrogens is 306 g/mol. The lowest BCUT2D eigenvalue weighted by atomic mass is 9.71. The Balaban J connectivity index is 2.21. The van der Waals surface area contributed by atoms with Crippen molar-refractivity contribution in [2.75, 3.05) is 0 Å². The van der Waals surface area contributed by atoms with Gasteiger partial charge in [-0.1, -0.05) is 65.8 Å². The van der Waals surface area contributed by atoms with Crippen molar-refractivity contribution in [3.05, 3.63) is 52.4 Å². The number of benzene rings is 1. The number of fused-ring (bicyclic) bond motifs is 1. The van der Waals surface area contributed by atoms with Crippen LogP contribution in [0.15, 0.2) is 28.9 Å². The lowest BCUT2D eigenvalue weighted by Gasteiger charge is -2.32. The molecule has 1 aliphatic carbocycles. The van der Waals surface area contributed by atoms with Gasteiger partial charge in [-0.2, -0.15) is 0 Å². The van der Waals surface area contributed by atoms with E-state index in [0.717, 1.165) is 5.76 Å². The molecule has 1 unspecified atom stereocenters. The van der Waals surface area contributed by atoms with Crippen LogP contribution in [-0.4, -0.2) is 5.16 Å². The fraction of sp³-hybridized carbons (Fsp3) is 0.522. The molecule has 0 fully saturated rings. The fourth-order valence-electron chi connectivity index (χ4n) is 4.46. The summed E-state index contributed by atoms with van der Waals surface area (Å²) in [7, 11) is 0. The molecule has 0 aliphatic heterocycles. The molecule has 0 saturated heterocycles. The highest BCUT2D eigenvalue weighted by atomic mass is 16.5. The molecule has 1 aromatic heterocycles. The second-order valence-electron chi connectivity index (χ2n) is 9.05. The van der Waals surface area contributed by atoms with Crippen LogP contribution < -0.4 is 0 Å². The topological polar surface area (TPSA) is 26.0 Å². The summed E-state index contributed by atoms with van der Waals surface area (Å²) in [6.45, 7) is 18.7. The van der Waals surface area contributed by atoms with Crippen molar-refractivity contribution in [3.8, 4) is 0 Å². The summed E-state index contributed by atoms with van der Waals surface area (Å²) in [4.78, 5) is 0. The number of hydrogen-bond donors (Lipinski definition) is 0. The Bertz CT molecular complexity index is 807. The molecule has 0 saturated carbocycles. The Morgan fingerprint density at radius 1 is 1.12 bits per heavy atom. The van der Waals surface area contributed by atoms with Gasteiger partial charge < -0.3 is 4.52 Å². The minimum Gasteiger partial charge on any atom is -0.357 e. The maximum absolute atomic E-state index is 5.33. The van der Waals surface area contributed by atoms with E-state index in [-0.39, 0.29) is 10.8 Å². The minimum atomic E-state index is 0.176. The first kappa shape index (κ1) is 18.0. The first-order valence-corrected chi connectivity index (χ1v) is 9.35. The van der Waals surface area contributed by atoms with Gasteiger partial charge in [0.25, 0.3) is 0 Å². The van der Waals surface area contributed by atoms with Gasteiger partial charge in [0.1, 0.15) is 0 Å². The van der Waals surface area contributed by atoms with E-state index in [0.29, 0.717) is 11.8 Å². The van der Waals surface area contributed by atoms with Crippen LogP contribution in [-0.2, 0) is 10.8 Å². The molecule has 2 heteroatoms. The van der Waals surface area contributed by atoms with Crippen molar-refractivity contribution in [1.82, 2.24) is 5.16 Å². The fourth-order valence-corrected chi connectivity index (χ4v) is 4.46. The lowest BCUT2D eigenvalue weighted by Crippen LogP contribution is -2.30. The van der Waals surface area contributed by atoms with Crippen LogP contribution in [0.25, 0.3) is 11.6 Å². The maximum Gasteiger partial charge on any atom is 0.159 e. The van der Waals surface area contributed by atoms with Gasteiger partial charge in [-0.05, 0) is 63.5 Å². The van der Waals surface area contributed by atoms with E-state index >= 15 is 0 Å². The first-order chi connectivity index (χ1) is 11.6. The standard InChI is InChI=1S/C23H31NO/c1-14(2)18(12-17-9-10-24-25-17)19-13-21-20(11-15(19)3)22(5,6)16(4)23(21,7)8/h9-14,16H,1-8H3/b18-12+. The Kier molecular flexibility index (Phi) is 4.21. The highest BCUT2D eigenvalue weighted by Gasteiger charge is 2.48. The van der Waals surface area contributed by atoms with Crippen molar-refractivity contribution >= 4 is 11.6 Å². The van der Waals surface area contributed by atoms with Gasteiger partial charge in [0.05, 0.1) is 6.20 Å². The Labute approximate surface area is 152 Å². The second-order valence-corrected chi connectivity index (χ2v) is 9.05. The molecule has 0 spiro atoms. The zero-order valence-corrected chi connectivity index (χ0v) is 16.9. The smallest absolute Gasteiger partial charge is 0.159 e. The predicted octanol–water partition coefficient (Wildman–Crippen LogP) is 6.38. The quantitative estimate of drug-likeness (QED) is 0.649. The molecule has 0 bridgehead atoms. The summed E-state index contributed by atoms with van der Waals surface area (Å²) >= 11 is 0. The number of allylic oxidation sites excluding steroid dienone is 1. The highest BCUT2D eigenvalue weighted by molar-refractivity contribution is 5.83. The van der Waals surface area contributed by atoms with Crippen molar-refractivity contribution < 1.29 is 4.52 Å². The third kappa shape index (κ3) is 2.76. The van der Waals surface area contributed by atoms with Gasteiger partial charge in [-0.15, -0.1) is 0 Å². The van der Waals surface area contributed by atoms with E-state index in [4.69, 9.17) is 4.52 Å². The Hall–Kier alpha value is -1.83. The van der Waals surface area contributed by atoms with E-state index in [1.54, 1.807) is 6.20 Å². The van der Waals surface area contributed by atoms with Gasteiger partial charge in [-0.25, -0.2) is 0 Å². The zero-order chi connectivity index (χ0) is 18.6. The van der Waals surface area contributed by atoms with Crippen LogP contribution in [0.4, 0.5) is 0 Å². The van der Waals surface area contributed by atoms with E-state index in [1.165, 1.54) is 27.8 Å². The van der Waals surface area contributed by atoms with E-state index in [9.17, 15) is 0 Å². The molecule has 1 heterocycles. The zero-order valence-electron chi connectivity index (χ0n) is 16.9. The normalized spacial score (nSPS) is 21.6. The van der Waals surface area contributed by atoms with Gasteiger partial charge in [0, 0.05) is 6.07 Å². The predicted molar refractivity (Wildman–Crippen MR) is 106 cm³/mol. The SMILES string of the molecule is Cc1cc2c(cc1/C(=C/c1ccno1)C(C)C)C(C)(C)C(C)C2(C)C. The number of aromatic nitrogens is 1. The number of rotatable bonds is 3. The van der Waals surface area contributed by atoms with E-state index in [1.807, 2.05) is 6.07 Å². The maximum atomic E-state index is 5.33. The van der Waals surface area contributed by atoms with Crippen LogP contribution in [0, 0.1) is 18.8 Å². The van der Waals surface area contributed by atoms with Crippen LogP contribution in [0.1, 0.15) is 76.5 Å². The number of aryl methyl sites for hydroxylation is 1. The lowest BCUT2D eigenvalue weighted by molar-refractivity contribution is 0.264. The second kappa shape index (κ2) is 5.86. The van der Waals surface area contributed by atoms with Gasteiger partial charge in [-0.3, -0.25) is 0 Å². The molecule has 0 N–H and O–H groups in total. The Morgan fingerprint density at radius 2 is 1.72 bits per heavy atom. The largest absolute Gasteiger partial charge is 0.357 e. The third-order valence-corrected chi connectivity index (χ3v) is 6.61. The Morgan fingerprint density at radius 3 is 2.24 bits per heavy atom. The molecule has 0 radical (unpaired) electrons. The van der Waals surface area contributed by atoms with Crippen molar-refractivity contribution in [2.45, 2.75) is 66.2 Å². The van der Waals surface area contributed by atoms with E-state index in [2.05, 4.69) is 78.8 Å². The summed E-state index contributed by atoms with van der Waals surface area (Å²) in [6, 6.07) is 6.78. The molecule has 2 nitrogen and oxygen atoms in total.